The number of hydrogen-bond acceptors (Lipinski definition) is 4. The minimum absolute atomic E-state index is 0.0908. The highest BCUT2D eigenvalue weighted by Crippen LogP contribution is 2.38. The third-order valence-corrected chi connectivity index (χ3v) is 19.9. The third kappa shape index (κ3) is 8.62. The lowest BCUT2D eigenvalue weighted by Crippen LogP contribution is -2.67. The third-order valence-electron chi connectivity index (χ3n) is 9.84. The summed E-state index contributed by atoms with van der Waals surface area (Å²) < 4.78 is 26.9. The Morgan fingerprint density at radius 3 is 1.45 bits per heavy atom. The van der Waals surface area contributed by atoms with Crippen molar-refractivity contribution in [3.63, 3.8) is 0 Å². The molecule has 1 atom stereocenters. The Morgan fingerprint density at radius 2 is 1.06 bits per heavy atom. The van der Waals surface area contributed by atoms with Crippen molar-refractivity contribution in [3.05, 3.63) is 133 Å². The summed E-state index contributed by atoms with van der Waals surface area (Å²) in [6.45, 7) is 16.3. The summed E-state index contributed by atoms with van der Waals surface area (Å²) in [5, 5.41) is 4.94. The monoisotopic (exact) mass is 692 g/mol. The van der Waals surface area contributed by atoms with Crippen LogP contribution in [0.15, 0.2) is 133 Å². The quantitative estimate of drug-likeness (QED) is 0.0992. The maximum Gasteiger partial charge on any atom is 0.261 e. The van der Waals surface area contributed by atoms with Crippen LogP contribution in [-0.4, -0.2) is 49.4 Å². The van der Waals surface area contributed by atoms with Gasteiger partial charge in [0.25, 0.3) is 16.6 Å². The van der Waals surface area contributed by atoms with Gasteiger partial charge < -0.3 is 18.3 Å². The Kier molecular flexibility index (Phi) is 12.7. The summed E-state index contributed by atoms with van der Waals surface area (Å²) in [4.78, 5) is 0. The smallest absolute Gasteiger partial charge is 0.261 e. The fourth-order valence-corrected chi connectivity index (χ4v) is 16.5. The maximum absolute atomic E-state index is 7.43. The van der Waals surface area contributed by atoms with E-state index < -0.39 is 16.6 Å². The van der Waals surface area contributed by atoms with Crippen molar-refractivity contribution in [2.45, 2.75) is 83.6 Å². The molecule has 0 radical (unpaired) electrons. The van der Waals surface area contributed by atoms with Crippen molar-refractivity contribution in [1.82, 2.24) is 0 Å². The van der Waals surface area contributed by atoms with Crippen molar-refractivity contribution in [3.8, 4) is 0 Å². The van der Waals surface area contributed by atoms with Crippen LogP contribution >= 0.6 is 0 Å². The Labute approximate surface area is 297 Å². The van der Waals surface area contributed by atoms with E-state index in [1.54, 1.807) is 0 Å². The van der Waals surface area contributed by atoms with E-state index >= 15 is 0 Å². The Bertz CT molecular complexity index is 1490. The number of benzene rings is 4. The van der Waals surface area contributed by atoms with Gasteiger partial charge in [0, 0.05) is 13.2 Å². The molecule has 6 heteroatoms. The number of hydrogen-bond donors (Lipinski definition) is 0. The summed E-state index contributed by atoms with van der Waals surface area (Å²) in [5.74, 6) is 0. The first-order chi connectivity index (χ1) is 23.6. The molecular formula is C43H56O4Si2. The second kappa shape index (κ2) is 16.7. The van der Waals surface area contributed by atoms with Crippen molar-refractivity contribution in [1.29, 1.82) is 0 Å². The highest BCUT2D eigenvalue weighted by molar-refractivity contribution is 7.00. The van der Waals surface area contributed by atoms with Crippen LogP contribution in [0.2, 0.25) is 10.1 Å². The van der Waals surface area contributed by atoms with Crippen LogP contribution in [0, 0.1) is 0 Å². The molecule has 4 aromatic carbocycles. The molecule has 5 rings (SSSR count). The van der Waals surface area contributed by atoms with Crippen molar-refractivity contribution >= 4 is 37.4 Å². The molecule has 0 bridgehead atoms. The van der Waals surface area contributed by atoms with E-state index in [-0.39, 0.29) is 16.4 Å². The van der Waals surface area contributed by atoms with Crippen LogP contribution in [0.5, 0.6) is 0 Å². The van der Waals surface area contributed by atoms with Gasteiger partial charge in [-0.05, 0) is 62.1 Å². The molecule has 1 aliphatic heterocycles. The van der Waals surface area contributed by atoms with Gasteiger partial charge in [0.05, 0.1) is 13.2 Å². The van der Waals surface area contributed by atoms with Crippen LogP contribution in [0.25, 0.3) is 0 Å². The van der Waals surface area contributed by atoms with Crippen LogP contribution in [-0.2, 0) is 18.3 Å². The zero-order valence-corrected chi connectivity index (χ0v) is 32.5. The molecule has 0 N–H and O–H groups in total. The standard InChI is InChI=1S/C43H56O4Si2/c1-42(2,3)48(37-21-11-7-12-22-37,38-23-13-8-14-24-38)46-34-31-36(30-33-45-41-29-19-20-32-44-41)35-47-49(43(4,5)6,39-25-15-9-16-26-39)40-27-17-10-18-28-40/h7-18,21-28,30,41H,19-20,29,31-35H2,1-6H3. The van der Waals surface area contributed by atoms with E-state index in [9.17, 15) is 0 Å². The topological polar surface area (TPSA) is 36.9 Å². The summed E-state index contributed by atoms with van der Waals surface area (Å²) in [6.07, 6.45) is 6.02. The Morgan fingerprint density at radius 1 is 0.633 bits per heavy atom. The molecule has 0 saturated carbocycles. The first-order valence-corrected chi connectivity index (χ1v) is 21.8. The second-order valence-electron chi connectivity index (χ2n) is 15.2. The van der Waals surface area contributed by atoms with E-state index in [4.69, 9.17) is 18.3 Å². The summed E-state index contributed by atoms with van der Waals surface area (Å²) in [5.41, 5.74) is 1.20. The summed E-state index contributed by atoms with van der Waals surface area (Å²) in [6, 6.07) is 43.5. The van der Waals surface area contributed by atoms with Gasteiger partial charge in [0.2, 0.25) is 0 Å². The zero-order chi connectivity index (χ0) is 34.8. The van der Waals surface area contributed by atoms with Crippen LogP contribution < -0.4 is 20.7 Å². The lowest BCUT2D eigenvalue weighted by Gasteiger charge is -2.44. The van der Waals surface area contributed by atoms with Gasteiger partial charge in [-0.25, -0.2) is 0 Å². The molecule has 1 unspecified atom stereocenters. The lowest BCUT2D eigenvalue weighted by atomic mass is 10.2. The minimum Gasteiger partial charge on any atom is -0.407 e. The van der Waals surface area contributed by atoms with Crippen LogP contribution in [0.1, 0.15) is 67.2 Å². The van der Waals surface area contributed by atoms with Gasteiger partial charge in [0.15, 0.2) is 6.29 Å². The molecule has 1 saturated heterocycles. The van der Waals surface area contributed by atoms with Gasteiger partial charge in [-0.3, -0.25) is 0 Å². The average Bonchev–Trinajstić information content (AvgIpc) is 3.11. The summed E-state index contributed by atoms with van der Waals surface area (Å²) >= 11 is 0. The first-order valence-electron chi connectivity index (χ1n) is 18.0. The van der Waals surface area contributed by atoms with Crippen molar-refractivity contribution in [2.24, 2.45) is 0 Å². The van der Waals surface area contributed by atoms with Gasteiger partial charge in [-0.15, -0.1) is 0 Å². The van der Waals surface area contributed by atoms with Crippen molar-refractivity contribution < 1.29 is 18.3 Å². The van der Waals surface area contributed by atoms with E-state index in [0.717, 1.165) is 32.3 Å². The van der Waals surface area contributed by atoms with Crippen LogP contribution in [0.4, 0.5) is 0 Å². The fraction of sp³-hybridized carbons (Fsp3) is 0.395. The molecule has 0 amide bonds. The van der Waals surface area contributed by atoms with E-state index in [2.05, 4.69) is 169 Å². The van der Waals surface area contributed by atoms with Gasteiger partial charge >= 0.3 is 0 Å². The molecule has 1 fully saturated rings. The zero-order valence-electron chi connectivity index (χ0n) is 30.5. The largest absolute Gasteiger partial charge is 0.407 e. The maximum atomic E-state index is 7.43. The molecule has 0 spiro atoms. The second-order valence-corrected chi connectivity index (χ2v) is 23.8. The predicted molar refractivity (Wildman–Crippen MR) is 209 cm³/mol. The lowest BCUT2D eigenvalue weighted by molar-refractivity contribution is -0.155. The van der Waals surface area contributed by atoms with Crippen molar-refractivity contribution in [2.75, 3.05) is 26.4 Å². The highest BCUT2D eigenvalue weighted by atomic mass is 28.4. The molecule has 0 aliphatic carbocycles. The van der Waals surface area contributed by atoms with Crippen LogP contribution in [0.3, 0.4) is 0 Å². The molecule has 1 heterocycles. The Hall–Kier alpha value is -3.11. The molecule has 260 valence electrons. The van der Waals surface area contributed by atoms with E-state index in [0.29, 0.717) is 19.8 Å². The molecule has 0 aromatic heterocycles. The van der Waals surface area contributed by atoms with E-state index in [1.165, 1.54) is 26.3 Å². The van der Waals surface area contributed by atoms with E-state index in [1.807, 2.05) is 0 Å². The average molecular weight is 693 g/mol. The SMILES string of the molecule is CC(C)(C)[Si](OCCC(=CCOC1CCCCO1)CO[Si](c1ccccc1)(c1ccccc1)C(C)(C)C)(c1ccccc1)c1ccccc1. The highest BCUT2D eigenvalue weighted by Gasteiger charge is 2.51. The van der Waals surface area contributed by atoms with Gasteiger partial charge in [-0.2, -0.15) is 0 Å². The van der Waals surface area contributed by atoms with Gasteiger partial charge in [0.1, 0.15) is 0 Å². The molecule has 4 nitrogen and oxygen atoms in total. The predicted octanol–water partition coefficient (Wildman–Crippen LogP) is 8.00. The molecule has 4 aromatic rings. The normalized spacial score (nSPS) is 16.4. The molecule has 49 heavy (non-hydrogen) atoms. The number of rotatable bonds is 14. The first kappa shape index (κ1) is 37.2. The summed E-state index contributed by atoms with van der Waals surface area (Å²) in [7, 11) is -5.41. The Balaban J connectivity index is 1.47. The number of ether oxygens (including phenoxy) is 2. The molecular weight excluding hydrogens is 637 g/mol. The fourth-order valence-electron chi connectivity index (χ4n) is 7.41. The van der Waals surface area contributed by atoms with Gasteiger partial charge in [-0.1, -0.05) is 169 Å². The minimum atomic E-state index is -2.73. The molecule has 1 aliphatic rings.